The summed E-state index contributed by atoms with van der Waals surface area (Å²) >= 11 is 0. The summed E-state index contributed by atoms with van der Waals surface area (Å²) in [4.78, 5) is 2.34. The fourth-order valence-corrected chi connectivity index (χ4v) is 1.32. The van der Waals surface area contributed by atoms with Gasteiger partial charge < -0.3 is 10.4 Å². The van der Waals surface area contributed by atoms with Gasteiger partial charge in [0.15, 0.2) is 0 Å². The monoisotopic (exact) mass is 188 g/mol. The second kappa shape index (κ2) is 5.58. The van der Waals surface area contributed by atoms with Crippen LogP contribution in [0.25, 0.3) is 0 Å². The first-order valence-electron chi connectivity index (χ1n) is 5.03. The third-order valence-electron chi connectivity index (χ3n) is 2.64. The Hall–Kier alpha value is -0.120. The van der Waals surface area contributed by atoms with Gasteiger partial charge in [0, 0.05) is 12.6 Å². The summed E-state index contributed by atoms with van der Waals surface area (Å²) in [6.45, 7) is 10.6. The maximum Gasteiger partial charge on any atom is 0.0623 e. The van der Waals surface area contributed by atoms with Crippen LogP contribution in [0, 0.1) is 0 Å². The molecular formula is C10H24N2O. The molecule has 0 fully saturated rings. The summed E-state index contributed by atoms with van der Waals surface area (Å²) in [5.41, 5.74) is -0.180. The molecule has 0 aromatic rings. The number of likely N-dealkylation sites (N-methyl/N-ethyl adjacent to an activating group) is 2. The molecule has 80 valence electrons. The Morgan fingerprint density at radius 3 is 2.23 bits per heavy atom. The van der Waals surface area contributed by atoms with Crippen LogP contribution in [0.3, 0.4) is 0 Å². The first kappa shape index (κ1) is 12.9. The Morgan fingerprint density at radius 2 is 2.00 bits per heavy atom. The Morgan fingerprint density at radius 1 is 1.46 bits per heavy atom. The molecule has 0 saturated heterocycles. The van der Waals surface area contributed by atoms with E-state index in [4.69, 9.17) is 0 Å². The Bertz CT molecular complexity index is 133. The predicted octanol–water partition coefficient (Wildman–Crippen LogP) is 0.687. The molecule has 13 heavy (non-hydrogen) atoms. The molecule has 0 heterocycles. The number of rotatable bonds is 6. The van der Waals surface area contributed by atoms with Crippen molar-refractivity contribution in [2.45, 2.75) is 39.3 Å². The van der Waals surface area contributed by atoms with Crippen molar-refractivity contribution in [3.63, 3.8) is 0 Å². The predicted molar refractivity (Wildman–Crippen MR) is 56.9 cm³/mol. The van der Waals surface area contributed by atoms with Crippen LogP contribution < -0.4 is 5.32 Å². The maximum absolute atomic E-state index is 9.22. The van der Waals surface area contributed by atoms with Crippen molar-refractivity contribution in [2.75, 3.05) is 26.7 Å². The normalized spacial score (nSPS) is 16.6. The van der Waals surface area contributed by atoms with Gasteiger partial charge in [-0.3, -0.25) is 4.90 Å². The quantitative estimate of drug-likeness (QED) is 0.643. The third kappa shape index (κ3) is 4.07. The molecule has 0 aliphatic rings. The minimum Gasteiger partial charge on any atom is -0.394 e. The Balaban J connectivity index is 4.19. The van der Waals surface area contributed by atoms with E-state index in [1.165, 1.54) is 0 Å². The lowest BCUT2D eigenvalue weighted by atomic mass is 10.0. The van der Waals surface area contributed by atoms with Crippen LogP contribution >= 0.6 is 0 Å². The van der Waals surface area contributed by atoms with Crippen molar-refractivity contribution in [3.8, 4) is 0 Å². The second-order valence-electron chi connectivity index (χ2n) is 4.13. The summed E-state index contributed by atoms with van der Waals surface area (Å²) in [7, 11) is 1.89. The minimum atomic E-state index is -0.180. The van der Waals surface area contributed by atoms with E-state index >= 15 is 0 Å². The fraction of sp³-hybridized carbons (Fsp3) is 1.00. The van der Waals surface area contributed by atoms with Crippen LogP contribution in [0.4, 0.5) is 0 Å². The maximum atomic E-state index is 9.22. The average molecular weight is 188 g/mol. The topological polar surface area (TPSA) is 35.5 Å². The van der Waals surface area contributed by atoms with E-state index in [0.717, 1.165) is 13.1 Å². The van der Waals surface area contributed by atoms with Crippen LogP contribution in [0.15, 0.2) is 0 Å². The lowest BCUT2D eigenvalue weighted by Crippen LogP contribution is -2.53. The molecule has 0 amide bonds. The zero-order valence-electron chi connectivity index (χ0n) is 9.59. The molecule has 0 saturated carbocycles. The molecule has 3 nitrogen and oxygen atoms in total. The second-order valence-corrected chi connectivity index (χ2v) is 4.13. The summed E-state index contributed by atoms with van der Waals surface area (Å²) in [6, 6.07) is 0.532. The first-order chi connectivity index (χ1) is 5.99. The highest BCUT2D eigenvalue weighted by atomic mass is 16.3. The highest BCUT2D eigenvalue weighted by Crippen LogP contribution is 2.08. The van der Waals surface area contributed by atoms with Gasteiger partial charge in [-0.2, -0.15) is 0 Å². The molecule has 0 spiro atoms. The first-order valence-corrected chi connectivity index (χ1v) is 5.03. The minimum absolute atomic E-state index is 0.173. The SMILES string of the molecule is CCN(CC(C)(CO)NC)C(C)C. The molecule has 3 heteroatoms. The highest BCUT2D eigenvalue weighted by Gasteiger charge is 2.24. The van der Waals surface area contributed by atoms with Gasteiger partial charge in [0.2, 0.25) is 0 Å². The van der Waals surface area contributed by atoms with Gasteiger partial charge >= 0.3 is 0 Å². The zero-order valence-corrected chi connectivity index (χ0v) is 9.59. The smallest absolute Gasteiger partial charge is 0.0623 e. The Kier molecular flexibility index (Phi) is 5.53. The highest BCUT2D eigenvalue weighted by molar-refractivity contribution is 4.85. The molecule has 2 N–H and O–H groups in total. The summed E-state index contributed by atoms with van der Waals surface area (Å²) in [6.07, 6.45) is 0. The van der Waals surface area contributed by atoms with Crippen molar-refractivity contribution in [1.82, 2.24) is 10.2 Å². The number of hydrogen-bond donors (Lipinski definition) is 2. The molecule has 0 aliphatic heterocycles. The van der Waals surface area contributed by atoms with Gasteiger partial charge in [-0.05, 0) is 34.4 Å². The van der Waals surface area contributed by atoms with Gasteiger partial charge in [0.25, 0.3) is 0 Å². The largest absolute Gasteiger partial charge is 0.394 e. The Labute approximate surface area is 82.1 Å². The number of nitrogens with one attached hydrogen (secondary N) is 1. The molecule has 1 unspecified atom stereocenters. The van der Waals surface area contributed by atoms with Crippen LogP contribution in [-0.2, 0) is 0 Å². The van der Waals surface area contributed by atoms with Gasteiger partial charge in [0.1, 0.15) is 0 Å². The van der Waals surface area contributed by atoms with Crippen molar-refractivity contribution < 1.29 is 5.11 Å². The van der Waals surface area contributed by atoms with E-state index in [9.17, 15) is 5.11 Å². The van der Waals surface area contributed by atoms with Crippen LogP contribution in [0.1, 0.15) is 27.7 Å². The van der Waals surface area contributed by atoms with E-state index in [1.54, 1.807) is 0 Å². The van der Waals surface area contributed by atoms with Crippen molar-refractivity contribution >= 4 is 0 Å². The lowest BCUT2D eigenvalue weighted by molar-refractivity contribution is 0.112. The number of nitrogens with zero attached hydrogens (tertiary/aromatic N) is 1. The van der Waals surface area contributed by atoms with Gasteiger partial charge in [0.05, 0.1) is 12.1 Å². The molecule has 0 aromatic carbocycles. The van der Waals surface area contributed by atoms with Gasteiger partial charge in [-0.25, -0.2) is 0 Å². The number of aliphatic hydroxyl groups excluding tert-OH is 1. The molecule has 1 atom stereocenters. The van der Waals surface area contributed by atoms with Crippen molar-refractivity contribution in [2.24, 2.45) is 0 Å². The van der Waals surface area contributed by atoms with E-state index in [0.29, 0.717) is 6.04 Å². The van der Waals surface area contributed by atoms with E-state index < -0.39 is 0 Å². The summed E-state index contributed by atoms with van der Waals surface area (Å²) < 4.78 is 0. The molecule has 0 bridgehead atoms. The summed E-state index contributed by atoms with van der Waals surface area (Å²) in [5.74, 6) is 0. The van der Waals surface area contributed by atoms with E-state index in [2.05, 4.69) is 31.0 Å². The third-order valence-corrected chi connectivity index (χ3v) is 2.64. The molecule has 0 radical (unpaired) electrons. The summed E-state index contributed by atoms with van der Waals surface area (Å²) in [5, 5.41) is 12.4. The van der Waals surface area contributed by atoms with Crippen LogP contribution in [0.5, 0.6) is 0 Å². The molecule has 0 aliphatic carbocycles. The van der Waals surface area contributed by atoms with E-state index in [1.807, 2.05) is 14.0 Å². The van der Waals surface area contributed by atoms with E-state index in [-0.39, 0.29) is 12.1 Å². The molecule has 0 rings (SSSR count). The van der Waals surface area contributed by atoms with Crippen molar-refractivity contribution in [3.05, 3.63) is 0 Å². The van der Waals surface area contributed by atoms with Gasteiger partial charge in [-0.15, -0.1) is 0 Å². The standard InChI is InChI=1S/C10H24N2O/c1-6-12(9(2)3)7-10(4,8-13)11-5/h9,11,13H,6-8H2,1-5H3. The number of hydrogen-bond acceptors (Lipinski definition) is 3. The van der Waals surface area contributed by atoms with Gasteiger partial charge in [-0.1, -0.05) is 6.92 Å². The number of aliphatic hydroxyl groups is 1. The van der Waals surface area contributed by atoms with Crippen molar-refractivity contribution in [1.29, 1.82) is 0 Å². The molecule has 0 aromatic heterocycles. The zero-order chi connectivity index (χ0) is 10.5. The lowest BCUT2D eigenvalue weighted by Gasteiger charge is -2.35. The van der Waals surface area contributed by atoms with Crippen LogP contribution in [0.2, 0.25) is 0 Å². The van der Waals surface area contributed by atoms with Crippen LogP contribution in [-0.4, -0.2) is 48.3 Å². The average Bonchev–Trinajstić information content (AvgIpc) is 2.13. The molecular weight excluding hydrogens is 164 g/mol. The fourth-order valence-electron chi connectivity index (χ4n) is 1.32.